The molecule has 4 aromatic rings. The number of nitrogens with zero attached hydrogens (tertiary/aromatic N) is 2. The van der Waals surface area contributed by atoms with Crippen LogP contribution >= 0.6 is 0 Å². The molecule has 0 aliphatic rings. The maximum atomic E-state index is 12.3. The van der Waals surface area contributed by atoms with E-state index in [-0.39, 0.29) is 23.6 Å². The molecular weight excluding hydrogens is 523 g/mol. The highest BCUT2D eigenvalue weighted by molar-refractivity contribution is 5.99. The number of aromatic amines is 2. The first-order valence-electron chi connectivity index (χ1n) is 11.3. The Bertz CT molecular complexity index is 1530. The summed E-state index contributed by atoms with van der Waals surface area (Å²) >= 11 is 0. The molecule has 4 rings (SSSR count). The lowest BCUT2D eigenvalue weighted by Crippen LogP contribution is -2.21. The molecule has 0 fully saturated rings. The topological polar surface area (TPSA) is 174 Å². The van der Waals surface area contributed by atoms with Gasteiger partial charge in [-0.3, -0.25) is 4.79 Å². The van der Waals surface area contributed by atoms with Crippen LogP contribution in [0.4, 0.5) is 36.3 Å². The van der Waals surface area contributed by atoms with Crippen molar-refractivity contribution in [2.45, 2.75) is 26.1 Å². The standard InChI is InChI=1S/C22H23N7O3.C2HF3O2/c1-12(2)32-15-6-4-5-13(9-15)25-19-16(20(30)23-3)11-24-21(29-19)26-14-7-8-17-18(10-14)28-22(31)27-17;3-2(4,5)1(6)7/h4-12H,1-3H3,(H,23,30)(H2,27,28,31)(H2,24,25,26,29);(H,6,7). The predicted molar refractivity (Wildman–Crippen MR) is 137 cm³/mol. The van der Waals surface area contributed by atoms with Crippen LogP contribution in [-0.4, -0.2) is 56.2 Å². The monoisotopic (exact) mass is 547 g/mol. The highest BCUT2D eigenvalue weighted by atomic mass is 19.4. The third-order valence-electron chi connectivity index (χ3n) is 4.74. The van der Waals surface area contributed by atoms with Crippen LogP contribution < -0.4 is 26.4 Å². The smallest absolute Gasteiger partial charge is 0.490 e. The van der Waals surface area contributed by atoms with E-state index in [1.54, 1.807) is 25.2 Å². The number of imidazole rings is 1. The van der Waals surface area contributed by atoms with Crippen molar-refractivity contribution >= 4 is 46.1 Å². The summed E-state index contributed by atoms with van der Waals surface area (Å²) in [4.78, 5) is 46.9. The molecule has 0 saturated heterocycles. The fraction of sp³-hybridized carbons (Fsp3) is 0.208. The van der Waals surface area contributed by atoms with Crippen LogP contribution in [0.2, 0.25) is 0 Å². The van der Waals surface area contributed by atoms with Crippen molar-refractivity contribution in [3.8, 4) is 5.75 Å². The normalized spacial score (nSPS) is 10.9. The maximum Gasteiger partial charge on any atom is 0.490 e. The van der Waals surface area contributed by atoms with E-state index in [1.165, 1.54) is 6.20 Å². The average Bonchev–Trinajstić information content (AvgIpc) is 3.22. The van der Waals surface area contributed by atoms with E-state index in [4.69, 9.17) is 14.6 Å². The highest BCUT2D eigenvalue weighted by Crippen LogP contribution is 2.25. The fourth-order valence-electron chi connectivity index (χ4n) is 3.13. The third kappa shape index (κ3) is 7.95. The Morgan fingerprint density at radius 3 is 2.33 bits per heavy atom. The number of hydrogen-bond acceptors (Lipinski definition) is 8. The number of nitrogens with one attached hydrogen (secondary N) is 5. The van der Waals surface area contributed by atoms with Gasteiger partial charge in [-0.2, -0.15) is 18.2 Å². The lowest BCUT2D eigenvalue weighted by atomic mass is 10.2. The van der Waals surface area contributed by atoms with Crippen molar-refractivity contribution in [1.29, 1.82) is 0 Å². The zero-order valence-corrected chi connectivity index (χ0v) is 20.8. The van der Waals surface area contributed by atoms with Gasteiger partial charge < -0.3 is 35.8 Å². The first-order valence-corrected chi connectivity index (χ1v) is 11.3. The first-order chi connectivity index (χ1) is 18.3. The molecule has 2 aromatic carbocycles. The molecule has 0 spiro atoms. The maximum absolute atomic E-state index is 12.3. The Morgan fingerprint density at radius 1 is 1.03 bits per heavy atom. The van der Waals surface area contributed by atoms with Crippen molar-refractivity contribution in [3.05, 3.63) is 64.7 Å². The second-order valence-corrected chi connectivity index (χ2v) is 8.12. The van der Waals surface area contributed by atoms with Gasteiger partial charge in [0.15, 0.2) is 0 Å². The Kier molecular flexibility index (Phi) is 8.75. The molecular formula is C24H24F3N7O5. The van der Waals surface area contributed by atoms with Gasteiger partial charge in [0.05, 0.1) is 17.1 Å². The molecule has 0 aliphatic heterocycles. The number of H-pyrrole nitrogens is 2. The minimum absolute atomic E-state index is 0.0360. The molecule has 39 heavy (non-hydrogen) atoms. The predicted octanol–water partition coefficient (Wildman–Crippen LogP) is 3.91. The van der Waals surface area contributed by atoms with Crippen molar-refractivity contribution in [1.82, 2.24) is 25.3 Å². The van der Waals surface area contributed by atoms with E-state index in [2.05, 4.69) is 35.9 Å². The lowest BCUT2D eigenvalue weighted by molar-refractivity contribution is -0.192. The summed E-state index contributed by atoms with van der Waals surface area (Å²) in [5, 5.41) is 16.0. The molecule has 15 heteroatoms. The molecule has 0 aliphatic carbocycles. The summed E-state index contributed by atoms with van der Waals surface area (Å²) in [6, 6.07) is 12.7. The SMILES string of the molecule is CNC(=O)c1cnc(Nc2ccc3[nH]c(=O)[nH]c3c2)nc1Nc1cccc(OC(C)C)c1.O=C(O)C(F)(F)F. The zero-order valence-electron chi connectivity index (χ0n) is 20.8. The molecule has 12 nitrogen and oxygen atoms in total. The quantitative estimate of drug-likeness (QED) is 0.200. The van der Waals surface area contributed by atoms with Crippen LogP contribution in [0.1, 0.15) is 24.2 Å². The number of carboxylic acid groups (broad SMARTS) is 1. The van der Waals surface area contributed by atoms with Crippen molar-refractivity contribution in [2.75, 3.05) is 17.7 Å². The second kappa shape index (κ2) is 12.0. The number of rotatable bonds is 7. The number of aliphatic carboxylic acids is 1. The third-order valence-corrected chi connectivity index (χ3v) is 4.74. The Hall–Kier alpha value is -5.08. The van der Waals surface area contributed by atoms with Crippen molar-refractivity contribution < 1.29 is 32.6 Å². The summed E-state index contributed by atoms with van der Waals surface area (Å²) < 4.78 is 37.5. The van der Waals surface area contributed by atoms with Crippen LogP contribution in [-0.2, 0) is 4.79 Å². The summed E-state index contributed by atoms with van der Waals surface area (Å²) in [7, 11) is 1.54. The summed E-state index contributed by atoms with van der Waals surface area (Å²) in [5.41, 5.74) is 2.75. The number of amides is 1. The van der Waals surface area contributed by atoms with Gasteiger partial charge in [-0.15, -0.1) is 0 Å². The van der Waals surface area contributed by atoms with E-state index in [0.717, 1.165) is 0 Å². The zero-order chi connectivity index (χ0) is 28.7. The van der Waals surface area contributed by atoms with Gasteiger partial charge in [-0.1, -0.05) is 6.07 Å². The van der Waals surface area contributed by atoms with Gasteiger partial charge in [-0.05, 0) is 44.2 Å². The molecule has 0 radical (unpaired) electrons. The van der Waals surface area contributed by atoms with Crippen LogP contribution in [0, 0.1) is 0 Å². The van der Waals surface area contributed by atoms with E-state index < -0.39 is 12.1 Å². The van der Waals surface area contributed by atoms with Crippen LogP contribution in [0.25, 0.3) is 11.0 Å². The molecule has 6 N–H and O–H groups in total. The lowest BCUT2D eigenvalue weighted by Gasteiger charge is -2.14. The highest BCUT2D eigenvalue weighted by Gasteiger charge is 2.38. The first kappa shape index (κ1) is 28.5. The molecule has 2 aromatic heterocycles. The van der Waals surface area contributed by atoms with Gasteiger partial charge in [0.25, 0.3) is 5.91 Å². The van der Waals surface area contributed by atoms with Crippen LogP contribution in [0.15, 0.2) is 53.5 Å². The molecule has 206 valence electrons. The number of aromatic nitrogens is 4. The number of ether oxygens (including phenoxy) is 1. The van der Waals surface area contributed by atoms with Gasteiger partial charge in [0.2, 0.25) is 5.95 Å². The van der Waals surface area contributed by atoms with Crippen LogP contribution in [0.5, 0.6) is 5.75 Å². The number of benzene rings is 2. The van der Waals surface area contributed by atoms with Crippen molar-refractivity contribution in [2.24, 2.45) is 0 Å². The number of fused-ring (bicyclic) bond motifs is 1. The van der Waals surface area contributed by atoms with Gasteiger partial charge in [-0.25, -0.2) is 14.6 Å². The van der Waals surface area contributed by atoms with Gasteiger partial charge in [0, 0.05) is 30.7 Å². The molecule has 2 heterocycles. The number of hydrogen-bond donors (Lipinski definition) is 6. The number of carbonyl (C=O) groups is 2. The van der Waals surface area contributed by atoms with Crippen LogP contribution in [0.3, 0.4) is 0 Å². The minimum Gasteiger partial charge on any atom is -0.491 e. The summed E-state index contributed by atoms with van der Waals surface area (Å²) in [6.45, 7) is 3.90. The summed E-state index contributed by atoms with van der Waals surface area (Å²) in [6.07, 6.45) is -3.60. The average molecular weight is 547 g/mol. The number of carboxylic acids is 1. The number of halogens is 3. The largest absolute Gasteiger partial charge is 0.491 e. The number of alkyl halides is 3. The minimum atomic E-state index is -5.08. The molecule has 0 bridgehead atoms. The van der Waals surface area contributed by atoms with E-state index in [9.17, 15) is 22.8 Å². The van der Waals surface area contributed by atoms with Gasteiger partial charge in [0.1, 0.15) is 17.1 Å². The number of anilines is 4. The summed E-state index contributed by atoms with van der Waals surface area (Å²) in [5.74, 6) is -1.76. The number of carbonyl (C=O) groups excluding carboxylic acids is 1. The molecule has 0 saturated carbocycles. The van der Waals surface area contributed by atoms with E-state index in [0.29, 0.717) is 39.5 Å². The van der Waals surface area contributed by atoms with Crippen molar-refractivity contribution in [3.63, 3.8) is 0 Å². The molecule has 0 atom stereocenters. The fourth-order valence-corrected chi connectivity index (χ4v) is 3.13. The Balaban J connectivity index is 0.000000532. The Morgan fingerprint density at radius 2 is 1.69 bits per heavy atom. The molecule has 0 unspecified atom stereocenters. The van der Waals surface area contributed by atoms with E-state index in [1.807, 2.05) is 38.1 Å². The second-order valence-electron chi connectivity index (χ2n) is 8.12. The Labute approximate surface area is 218 Å². The van der Waals surface area contributed by atoms with Gasteiger partial charge >= 0.3 is 17.8 Å². The van der Waals surface area contributed by atoms with E-state index >= 15 is 0 Å². The molecule has 1 amide bonds.